The molecule has 2 atom stereocenters. The maximum absolute atomic E-state index is 12.4. The third-order valence-corrected chi connectivity index (χ3v) is 7.79. The first kappa shape index (κ1) is 45.3. The number of carbonyl (C=O) groups excluding carboxylic acids is 3. The topological polar surface area (TPSA) is 315 Å². The van der Waals surface area contributed by atoms with E-state index in [1.807, 2.05) is 44.2 Å². The lowest BCUT2D eigenvalue weighted by atomic mass is 10.1. The van der Waals surface area contributed by atoms with Crippen LogP contribution in [0.4, 0.5) is 16.7 Å². The maximum Gasteiger partial charge on any atom is 0.408 e. The smallest absolute Gasteiger partial charge is 0.408 e. The maximum atomic E-state index is 12.4. The number of H-pyrrole nitrogens is 2. The van der Waals surface area contributed by atoms with Gasteiger partial charge in [-0.15, -0.1) is 12.4 Å². The van der Waals surface area contributed by atoms with Crippen molar-refractivity contribution >= 4 is 64.7 Å². The van der Waals surface area contributed by atoms with E-state index in [-0.39, 0.29) is 99.3 Å². The minimum atomic E-state index is -0.871. The third kappa shape index (κ3) is 13.3. The molecule has 0 saturated carbocycles. The van der Waals surface area contributed by atoms with E-state index in [1.165, 1.54) is 21.8 Å². The van der Waals surface area contributed by atoms with Gasteiger partial charge in [-0.1, -0.05) is 58.0 Å². The number of nitrogens with zero attached hydrogens (tertiary/aromatic N) is 6. The van der Waals surface area contributed by atoms with Crippen LogP contribution in [-0.4, -0.2) is 95.6 Å². The van der Waals surface area contributed by atoms with Crippen molar-refractivity contribution in [3.8, 4) is 0 Å². The SMILES string of the molecule is CC(C)[C@H](N)C(=O)OCCOCn1cnc2c(=O)[nH]c(N)nc21.CC(C)[C@H](NC(=O)OCc1ccccc1)C(=O)OCCOCn1cnc2c(=O)[nH]c(N)nc21.Cl. The van der Waals surface area contributed by atoms with Gasteiger partial charge in [-0.25, -0.2) is 19.6 Å². The molecule has 5 aromatic rings. The molecule has 0 aliphatic carbocycles. The van der Waals surface area contributed by atoms with Crippen molar-refractivity contribution in [1.82, 2.24) is 44.4 Å². The summed E-state index contributed by atoms with van der Waals surface area (Å²) in [5, 5.41) is 2.54. The summed E-state index contributed by atoms with van der Waals surface area (Å²) in [6.45, 7) is 7.77. The monoisotopic (exact) mass is 818 g/mol. The van der Waals surface area contributed by atoms with Gasteiger partial charge >= 0.3 is 18.0 Å². The van der Waals surface area contributed by atoms with Gasteiger partial charge in [0, 0.05) is 0 Å². The van der Waals surface area contributed by atoms with E-state index in [4.69, 9.17) is 40.9 Å². The average Bonchev–Trinajstić information content (AvgIpc) is 3.76. The number of aromatic amines is 2. The number of rotatable bonds is 17. The van der Waals surface area contributed by atoms with Gasteiger partial charge in [-0.05, 0) is 17.4 Å². The number of nitrogens with two attached hydrogens (primary N) is 3. The van der Waals surface area contributed by atoms with Crippen molar-refractivity contribution in [3.05, 3.63) is 69.3 Å². The first-order chi connectivity index (χ1) is 26.7. The van der Waals surface area contributed by atoms with Crippen LogP contribution in [0.5, 0.6) is 0 Å². The molecule has 1 aromatic carbocycles. The fourth-order valence-corrected chi connectivity index (χ4v) is 4.71. The van der Waals surface area contributed by atoms with E-state index in [1.54, 1.807) is 13.8 Å². The summed E-state index contributed by atoms with van der Waals surface area (Å²) in [7, 11) is 0. The van der Waals surface area contributed by atoms with Gasteiger partial charge in [-0.2, -0.15) is 9.97 Å². The Kier molecular flexibility index (Phi) is 17.4. The molecule has 0 aliphatic rings. The molecule has 5 rings (SSSR count). The number of anilines is 2. The van der Waals surface area contributed by atoms with Gasteiger partial charge in [0.15, 0.2) is 22.3 Å². The Balaban J connectivity index is 0.000000319. The molecule has 0 radical (unpaired) electrons. The van der Waals surface area contributed by atoms with Gasteiger partial charge < -0.3 is 46.2 Å². The number of ether oxygens (including phenoxy) is 5. The number of hydrogen-bond acceptors (Lipinski definition) is 17. The molecule has 4 heterocycles. The minimum Gasteiger partial charge on any atom is -0.462 e. The molecule has 22 nitrogen and oxygen atoms in total. The first-order valence-electron chi connectivity index (χ1n) is 17.4. The van der Waals surface area contributed by atoms with Crippen molar-refractivity contribution in [1.29, 1.82) is 0 Å². The van der Waals surface area contributed by atoms with Gasteiger partial charge in [0.05, 0.1) is 25.9 Å². The second kappa shape index (κ2) is 21.8. The molecule has 23 heteroatoms. The predicted molar refractivity (Wildman–Crippen MR) is 207 cm³/mol. The number of nitrogen functional groups attached to an aromatic ring is 2. The highest BCUT2D eigenvalue weighted by Gasteiger charge is 2.26. The zero-order valence-corrected chi connectivity index (χ0v) is 32.5. The molecule has 310 valence electrons. The van der Waals surface area contributed by atoms with Crippen LogP contribution in [0.15, 0.2) is 52.6 Å². The molecule has 0 unspecified atom stereocenters. The number of halogens is 1. The van der Waals surface area contributed by atoms with Crippen LogP contribution in [-0.2, 0) is 53.3 Å². The third-order valence-electron chi connectivity index (χ3n) is 7.79. The first-order valence-corrected chi connectivity index (χ1v) is 17.4. The Labute approximate surface area is 331 Å². The number of hydrogen-bond donors (Lipinski definition) is 6. The Bertz CT molecular complexity index is 2190. The van der Waals surface area contributed by atoms with Crippen molar-refractivity contribution < 1.29 is 38.1 Å². The van der Waals surface area contributed by atoms with E-state index in [0.717, 1.165) is 5.56 Å². The van der Waals surface area contributed by atoms with Crippen LogP contribution >= 0.6 is 12.4 Å². The number of fused-ring (bicyclic) bond motifs is 2. The largest absolute Gasteiger partial charge is 0.462 e. The summed E-state index contributed by atoms with van der Waals surface area (Å²) in [6, 6.07) is 7.69. The molecule has 4 aromatic heterocycles. The molecule has 0 fully saturated rings. The number of carbonyl (C=O) groups is 3. The van der Waals surface area contributed by atoms with Crippen LogP contribution in [0, 0.1) is 11.8 Å². The average molecular weight is 819 g/mol. The highest BCUT2D eigenvalue weighted by Crippen LogP contribution is 2.09. The lowest BCUT2D eigenvalue weighted by Crippen LogP contribution is -2.45. The highest BCUT2D eigenvalue weighted by atomic mass is 35.5. The van der Waals surface area contributed by atoms with E-state index in [2.05, 4.69) is 35.2 Å². The normalized spacial score (nSPS) is 12.1. The minimum absolute atomic E-state index is 0. The number of amides is 1. The quantitative estimate of drug-likeness (QED) is 0.0429. The number of nitrogens with one attached hydrogen (secondary N) is 3. The molecule has 57 heavy (non-hydrogen) atoms. The fraction of sp³-hybridized carbons (Fsp3) is 0.441. The fourth-order valence-electron chi connectivity index (χ4n) is 4.71. The van der Waals surface area contributed by atoms with E-state index >= 15 is 0 Å². The van der Waals surface area contributed by atoms with E-state index in [9.17, 15) is 24.0 Å². The summed E-state index contributed by atoms with van der Waals surface area (Å²) < 4.78 is 29.3. The van der Waals surface area contributed by atoms with Crippen LogP contribution in [0.2, 0.25) is 0 Å². The Hall–Kier alpha value is -6.10. The second-order valence-electron chi connectivity index (χ2n) is 12.8. The van der Waals surface area contributed by atoms with Crippen LogP contribution in [0.25, 0.3) is 22.3 Å². The predicted octanol–water partition coefficient (Wildman–Crippen LogP) is 0.794. The number of benzene rings is 1. The van der Waals surface area contributed by atoms with Gasteiger partial charge in [0.25, 0.3) is 11.1 Å². The lowest BCUT2D eigenvalue weighted by Gasteiger charge is -2.20. The summed E-state index contributed by atoms with van der Waals surface area (Å²) in [4.78, 5) is 80.1. The van der Waals surface area contributed by atoms with Gasteiger partial charge in [0.1, 0.15) is 45.4 Å². The van der Waals surface area contributed by atoms with E-state index < -0.39 is 41.2 Å². The molecule has 1 amide bonds. The molecule has 0 bridgehead atoms. The molecule has 0 saturated heterocycles. The second-order valence-corrected chi connectivity index (χ2v) is 12.8. The molecule has 0 spiro atoms. The van der Waals surface area contributed by atoms with Crippen molar-refractivity contribution in [2.45, 2.75) is 59.8 Å². The molecular weight excluding hydrogens is 772 g/mol. The van der Waals surface area contributed by atoms with Crippen LogP contribution < -0.4 is 33.6 Å². The summed E-state index contributed by atoms with van der Waals surface area (Å²) in [5.41, 5.74) is 17.6. The molecular formula is C34H47ClN12O10. The van der Waals surface area contributed by atoms with Crippen molar-refractivity contribution in [2.24, 2.45) is 17.6 Å². The summed E-state index contributed by atoms with van der Waals surface area (Å²) in [5.74, 6) is -1.29. The van der Waals surface area contributed by atoms with Crippen LogP contribution in [0.1, 0.15) is 33.3 Å². The zero-order chi connectivity index (χ0) is 40.8. The Morgan fingerprint density at radius 1 is 0.737 bits per heavy atom. The zero-order valence-electron chi connectivity index (χ0n) is 31.7. The van der Waals surface area contributed by atoms with Crippen LogP contribution in [0.3, 0.4) is 0 Å². The Morgan fingerprint density at radius 2 is 1.23 bits per heavy atom. The Morgan fingerprint density at radius 3 is 1.70 bits per heavy atom. The number of aromatic nitrogens is 8. The highest BCUT2D eigenvalue weighted by molar-refractivity contribution is 5.85. The van der Waals surface area contributed by atoms with Crippen molar-refractivity contribution in [3.63, 3.8) is 0 Å². The summed E-state index contributed by atoms with van der Waals surface area (Å²) in [6.07, 6.45) is 2.12. The summed E-state index contributed by atoms with van der Waals surface area (Å²) >= 11 is 0. The van der Waals surface area contributed by atoms with Crippen molar-refractivity contribution in [2.75, 3.05) is 37.9 Å². The molecule has 0 aliphatic heterocycles. The lowest BCUT2D eigenvalue weighted by molar-refractivity contribution is -0.149. The number of alkyl carbamates (subject to hydrolysis) is 1. The van der Waals surface area contributed by atoms with Gasteiger partial charge in [-0.3, -0.25) is 33.5 Å². The van der Waals surface area contributed by atoms with Gasteiger partial charge in [0.2, 0.25) is 11.9 Å². The van der Waals surface area contributed by atoms with E-state index in [0.29, 0.717) is 5.65 Å². The number of esters is 2. The number of imidazole rings is 2. The standard InChI is InChI=1S/C21H26N6O6.C13H20N6O4.ClH/c1-13(2)15(24-21(30)33-10-14-6-4-3-5-7-14)19(29)32-9-8-31-12-27-11-23-16-17(27)25-20(22)26-18(16)28;1-7(2)8(14)12(21)23-4-3-22-6-19-5-16-9-10(19)17-13(15)18-11(9)20;/h3-7,11,13,15H,8-10,12H2,1-2H3,(H,24,30)(H3,22,25,26,28);5,7-8H,3-4,6,14H2,1-2H3,(H3,15,17,18,20);1H/t15-;8-;/m00./s1. The molecule has 9 N–H and O–H groups in total.